The van der Waals surface area contributed by atoms with Crippen molar-refractivity contribution in [3.63, 3.8) is 0 Å². The van der Waals surface area contributed by atoms with E-state index in [1.54, 1.807) is 92.0 Å². The summed E-state index contributed by atoms with van der Waals surface area (Å²) in [6.07, 6.45) is 0. The highest BCUT2D eigenvalue weighted by Gasteiger charge is 2.25. The van der Waals surface area contributed by atoms with Gasteiger partial charge in [0, 0.05) is 16.0 Å². The number of nitrogen functional groups attached to an aromatic ring is 1. The van der Waals surface area contributed by atoms with E-state index in [9.17, 15) is 14.4 Å². The number of thiophene rings is 1. The van der Waals surface area contributed by atoms with Crippen LogP contribution in [-0.4, -0.2) is 24.8 Å². The van der Waals surface area contributed by atoms with Gasteiger partial charge in [-0.15, -0.1) is 11.3 Å². The molecule has 5 rings (SSSR count). The van der Waals surface area contributed by atoms with Crippen molar-refractivity contribution < 1.29 is 19.1 Å². The highest BCUT2D eigenvalue weighted by Crippen LogP contribution is 2.30. The van der Waals surface area contributed by atoms with Crippen molar-refractivity contribution in [2.75, 3.05) is 23.5 Å². The second kappa shape index (κ2) is 11.7. The second-order valence-corrected chi connectivity index (χ2v) is 10.0. The van der Waals surface area contributed by atoms with Crippen LogP contribution in [0.25, 0.3) is 10.1 Å². The quantitative estimate of drug-likeness (QED) is 0.180. The molecule has 0 aliphatic rings. The van der Waals surface area contributed by atoms with Gasteiger partial charge in [-0.2, -0.15) is 0 Å². The maximum atomic E-state index is 13.5. The second-order valence-electron chi connectivity index (χ2n) is 8.94. The van der Waals surface area contributed by atoms with E-state index in [0.717, 1.165) is 10.1 Å². The third-order valence-corrected chi connectivity index (χ3v) is 7.34. The highest BCUT2D eigenvalue weighted by molar-refractivity contribution is 7.20. The van der Waals surface area contributed by atoms with Crippen LogP contribution in [0.4, 0.5) is 17.1 Å². The van der Waals surface area contributed by atoms with Crippen molar-refractivity contribution in [2.45, 2.75) is 6.04 Å². The standard InChI is InChI=1S/C31H26N4O4S/c1-39-23-15-13-22(14-16-23)33-31(38)28(35-29(36)19-7-3-2-4-8-19)21-12-11-20-17-27(40-26(20)18-21)30(37)34-25-10-6-5-9-24(25)32/h2-18,28H,32H2,1H3,(H,33,38)(H,34,37)(H,35,36). The summed E-state index contributed by atoms with van der Waals surface area (Å²) >= 11 is 1.29. The van der Waals surface area contributed by atoms with E-state index in [2.05, 4.69) is 16.0 Å². The molecule has 40 heavy (non-hydrogen) atoms. The fraction of sp³-hybridized carbons (Fsp3) is 0.0645. The molecule has 9 heteroatoms. The number of hydrogen-bond donors (Lipinski definition) is 4. The Kier molecular flexibility index (Phi) is 7.75. The molecular weight excluding hydrogens is 524 g/mol. The predicted molar refractivity (Wildman–Crippen MR) is 159 cm³/mol. The van der Waals surface area contributed by atoms with Gasteiger partial charge < -0.3 is 26.4 Å². The smallest absolute Gasteiger partial charge is 0.265 e. The van der Waals surface area contributed by atoms with E-state index in [0.29, 0.717) is 38.8 Å². The molecule has 5 aromatic rings. The Morgan fingerprint density at radius 3 is 2.25 bits per heavy atom. The zero-order valence-corrected chi connectivity index (χ0v) is 22.3. The number of nitrogens with one attached hydrogen (secondary N) is 3. The molecular formula is C31H26N4O4S. The first-order valence-corrected chi connectivity index (χ1v) is 13.2. The Balaban J connectivity index is 1.43. The minimum atomic E-state index is -0.997. The molecule has 1 atom stereocenters. The van der Waals surface area contributed by atoms with Gasteiger partial charge in [0.25, 0.3) is 17.7 Å². The lowest BCUT2D eigenvalue weighted by Gasteiger charge is -2.19. The zero-order valence-electron chi connectivity index (χ0n) is 21.5. The van der Waals surface area contributed by atoms with Crippen molar-refractivity contribution in [1.82, 2.24) is 5.32 Å². The lowest BCUT2D eigenvalue weighted by atomic mass is 10.0. The van der Waals surface area contributed by atoms with Gasteiger partial charge in [0.1, 0.15) is 11.8 Å². The summed E-state index contributed by atoms with van der Waals surface area (Å²) < 4.78 is 5.98. The van der Waals surface area contributed by atoms with E-state index in [1.807, 2.05) is 18.2 Å². The van der Waals surface area contributed by atoms with Crippen molar-refractivity contribution in [3.8, 4) is 5.75 Å². The molecule has 200 valence electrons. The number of carbonyl (C=O) groups is 3. The number of fused-ring (bicyclic) bond motifs is 1. The number of anilines is 3. The number of methoxy groups -OCH3 is 1. The molecule has 1 unspecified atom stereocenters. The molecule has 4 aromatic carbocycles. The summed E-state index contributed by atoms with van der Waals surface area (Å²) in [7, 11) is 1.57. The maximum Gasteiger partial charge on any atom is 0.265 e. The van der Waals surface area contributed by atoms with Crippen molar-refractivity contribution in [1.29, 1.82) is 0 Å². The van der Waals surface area contributed by atoms with Crippen molar-refractivity contribution in [3.05, 3.63) is 119 Å². The van der Waals surface area contributed by atoms with Crippen LogP contribution in [0, 0.1) is 0 Å². The summed E-state index contributed by atoms with van der Waals surface area (Å²) in [6, 6.07) is 28.9. The predicted octanol–water partition coefficient (Wildman–Crippen LogP) is 5.85. The Labute approximate surface area is 234 Å². The summed E-state index contributed by atoms with van der Waals surface area (Å²) in [5.74, 6) is -0.429. The summed E-state index contributed by atoms with van der Waals surface area (Å²) in [5.41, 5.74) is 8.53. The largest absolute Gasteiger partial charge is 0.497 e. The molecule has 8 nitrogen and oxygen atoms in total. The first-order chi connectivity index (χ1) is 19.4. The van der Waals surface area contributed by atoms with E-state index in [4.69, 9.17) is 10.5 Å². The SMILES string of the molecule is COc1ccc(NC(=O)C(NC(=O)c2ccccc2)c2ccc3cc(C(=O)Nc4ccccc4N)sc3c2)cc1. The number of rotatable bonds is 8. The van der Waals surface area contributed by atoms with E-state index in [-0.39, 0.29) is 11.8 Å². The number of hydrogen-bond acceptors (Lipinski definition) is 6. The van der Waals surface area contributed by atoms with Crippen LogP contribution in [0.5, 0.6) is 5.75 Å². The third kappa shape index (κ3) is 5.95. The van der Waals surface area contributed by atoms with Crippen LogP contribution >= 0.6 is 11.3 Å². The molecule has 0 radical (unpaired) electrons. The molecule has 0 aliphatic carbocycles. The Bertz CT molecular complexity index is 1680. The summed E-state index contributed by atoms with van der Waals surface area (Å²) in [5, 5.41) is 9.41. The molecule has 0 saturated heterocycles. The van der Waals surface area contributed by atoms with E-state index < -0.39 is 11.9 Å². The minimum absolute atomic E-state index is 0.285. The van der Waals surface area contributed by atoms with Crippen LogP contribution in [-0.2, 0) is 4.79 Å². The Hall–Kier alpha value is -5.15. The molecule has 0 saturated carbocycles. The number of amides is 3. The highest BCUT2D eigenvalue weighted by atomic mass is 32.1. The third-order valence-electron chi connectivity index (χ3n) is 6.24. The van der Waals surface area contributed by atoms with Gasteiger partial charge in [-0.1, -0.05) is 42.5 Å². The van der Waals surface area contributed by atoms with E-state index in [1.165, 1.54) is 11.3 Å². The molecule has 0 aliphatic heterocycles. The fourth-order valence-electron chi connectivity index (χ4n) is 4.13. The number of para-hydroxylation sites is 2. The van der Waals surface area contributed by atoms with Crippen LogP contribution in [0.3, 0.4) is 0 Å². The molecule has 0 spiro atoms. The average Bonchev–Trinajstić information content (AvgIpc) is 3.41. The molecule has 0 fully saturated rings. The van der Waals surface area contributed by atoms with Crippen molar-refractivity contribution in [2.24, 2.45) is 0 Å². The Morgan fingerprint density at radius 1 is 0.800 bits per heavy atom. The normalized spacial score (nSPS) is 11.4. The average molecular weight is 551 g/mol. The Morgan fingerprint density at radius 2 is 1.52 bits per heavy atom. The number of ether oxygens (including phenoxy) is 1. The van der Waals surface area contributed by atoms with Crippen molar-refractivity contribution >= 4 is 56.2 Å². The van der Waals surface area contributed by atoms with Crippen LogP contribution in [0.15, 0.2) is 103 Å². The lowest BCUT2D eigenvalue weighted by molar-refractivity contribution is -0.118. The first kappa shape index (κ1) is 26.5. The molecule has 1 heterocycles. The van der Waals surface area contributed by atoms with Gasteiger partial charge in [0.05, 0.1) is 23.4 Å². The zero-order chi connectivity index (χ0) is 28.1. The number of benzene rings is 4. The van der Waals surface area contributed by atoms with Gasteiger partial charge in [0.2, 0.25) is 0 Å². The maximum absolute atomic E-state index is 13.5. The molecule has 1 aromatic heterocycles. The van der Waals surface area contributed by atoms with Crippen LogP contribution < -0.4 is 26.4 Å². The topological polar surface area (TPSA) is 123 Å². The first-order valence-electron chi connectivity index (χ1n) is 12.4. The molecule has 0 bridgehead atoms. The summed E-state index contributed by atoms with van der Waals surface area (Å²) in [6.45, 7) is 0. The van der Waals surface area contributed by atoms with Gasteiger partial charge >= 0.3 is 0 Å². The van der Waals surface area contributed by atoms with Gasteiger partial charge in [-0.05, 0) is 71.6 Å². The summed E-state index contributed by atoms with van der Waals surface area (Å²) in [4.78, 5) is 40.0. The van der Waals surface area contributed by atoms with Gasteiger partial charge in [-0.25, -0.2) is 0 Å². The minimum Gasteiger partial charge on any atom is -0.497 e. The number of nitrogens with two attached hydrogens (primary N) is 1. The van der Waals surface area contributed by atoms with Gasteiger partial charge in [0.15, 0.2) is 0 Å². The van der Waals surface area contributed by atoms with Crippen LogP contribution in [0.2, 0.25) is 0 Å². The van der Waals surface area contributed by atoms with E-state index >= 15 is 0 Å². The number of carbonyl (C=O) groups excluding carboxylic acids is 3. The van der Waals surface area contributed by atoms with Gasteiger partial charge in [-0.3, -0.25) is 14.4 Å². The molecule has 3 amide bonds. The monoisotopic (exact) mass is 550 g/mol. The van der Waals surface area contributed by atoms with Crippen LogP contribution in [0.1, 0.15) is 31.6 Å². The lowest BCUT2D eigenvalue weighted by Crippen LogP contribution is -2.37. The fourth-order valence-corrected chi connectivity index (χ4v) is 5.13. The molecule has 5 N–H and O–H groups in total.